The van der Waals surface area contributed by atoms with Crippen molar-refractivity contribution in [2.24, 2.45) is 0 Å². The number of carbonyl (C=O) groups is 1. The average molecular weight is 585 g/mol. The van der Waals surface area contributed by atoms with Crippen LogP contribution in [0, 0.1) is 13.8 Å². The Balaban J connectivity index is 1.61. The number of aryl methyl sites for hydroxylation is 2. The highest BCUT2D eigenvalue weighted by molar-refractivity contribution is 7.92. The number of sulfonamides is 2. The van der Waals surface area contributed by atoms with Crippen molar-refractivity contribution in [2.45, 2.75) is 31.6 Å². The Labute approximate surface area is 227 Å². The SMILES string of the molecule is Cc1ccc(C)c(N(CCCC(=O)Nc2ccc(S(=O)(=O)Nc3cccc(Cl)c3Cl)cc2)S(C)(=O)=O)c1. The van der Waals surface area contributed by atoms with Crippen molar-refractivity contribution in [1.29, 1.82) is 0 Å². The monoisotopic (exact) mass is 583 g/mol. The molecule has 2 N–H and O–H groups in total. The number of amides is 1. The summed E-state index contributed by atoms with van der Waals surface area (Å²) in [6.07, 6.45) is 1.51. The fourth-order valence-corrected chi connectivity index (χ4v) is 6.05. The van der Waals surface area contributed by atoms with Crippen LogP contribution in [0.25, 0.3) is 0 Å². The molecular weight excluding hydrogens is 557 g/mol. The second kappa shape index (κ2) is 11.7. The molecule has 3 aromatic carbocycles. The lowest BCUT2D eigenvalue weighted by molar-refractivity contribution is -0.116. The van der Waals surface area contributed by atoms with Gasteiger partial charge in [-0.25, -0.2) is 16.8 Å². The normalized spacial score (nSPS) is 11.7. The second-order valence-electron chi connectivity index (χ2n) is 8.51. The molecule has 0 saturated heterocycles. The predicted octanol–water partition coefficient (Wildman–Crippen LogP) is 5.60. The molecule has 0 fully saturated rings. The summed E-state index contributed by atoms with van der Waals surface area (Å²) in [5, 5.41) is 3.00. The Hall–Kier alpha value is -2.79. The zero-order valence-corrected chi connectivity index (χ0v) is 23.6. The van der Waals surface area contributed by atoms with E-state index >= 15 is 0 Å². The highest BCUT2D eigenvalue weighted by Gasteiger charge is 2.20. The maximum absolute atomic E-state index is 12.7. The van der Waals surface area contributed by atoms with E-state index in [4.69, 9.17) is 23.2 Å². The van der Waals surface area contributed by atoms with E-state index in [2.05, 4.69) is 10.0 Å². The van der Waals surface area contributed by atoms with E-state index in [9.17, 15) is 21.6 Å². The lowest BCUT2D eigenvalue weighted by Gasteiger charge is -2.24. The van der Waals surface area contributed by atoms with Gasteiger partial charge in [0.2, 0.25) is 15.9 Å². The zero-order chi connectivity index (χ0) is 27.4. The molecule has 3 aromatic rings. The number of benzene rings is 3. The molecule has 0 aliphatic carbocycles. The van der Waals surface area contributed by atoms with Crippen LogP contribution in [0.2, 0.25) is 10.0 Å². The van der Waals surface area contributed by atoms with Gasteiger partial charge in [0.1, 0.15) is 0 Å². The van der Waals surface area contributed by atoms with Gasteiger partial charge in [-0.15, -0.1) is 0 Å². The summed E-state index contributed by atoms with van der Waals surface area (Å²) in [5.41, 5.74) is 2.90. The highest BCUT2D eigenvalue weighted by atomic mass is 35.5. The largest absolute Gasteiger partial charge is 0.326 e. The van der Waals surface area contributed by atoms with E-state index in [1.807, 2.05) is 26.0 Å². The molecule has 0 aliphatic heterocycles. The van der Waals surface area contributed by atoms with Gasteiger partial charge in [0.25, 0.3) is 10.0 Å². The van der Waals surface area contributed by atoms with Gasteiger partial charge in [-0.05, 0) is 73.9 Å². The lowest BCUT2D eigenvalue weighted by Crippen LogP contribution is -2.32. The van der Waals surface area contributed by atoms with E-state index in [0.717, 1.165) is 17.4 Å². The Kier molecular flexibility index (Phi) is 9.12. The fourth-order valence-electron chi connectivity index (χ4n) is 3.56. The molecule has 0 saturated carbocycles. The minimum absolute atomic E-state index is 0.0288. The number of nitrogens with one attached hydrogen (secondary N) is 2. The summed E-state index contributed by atoms with van der Waals surface area (Å²) in [7, 11) is -7.47. The molecule has 0 aliphatic rings. The van der Waals surface area contributed by atoms with Gasteiger partial charge in [-0.2, -0.15) is 0 Å². The van der Waals surface area contributed by atoms with E-state index < -0.39 is 20.0 Å². The maximum atomic E-state index is 12.7. The van der Waals surface area contributed by atoms with Crippen molar-refractivity contribution >= 4 is 66.2 Å². The standard InChI is InChI=1S/C25H27Cl2N3O5S2/c1-17-9-10-18(2)23(16-17)30(36(3,32)33)15-5-8-24(31)28-19-11-13-20(14-12-19)37(34,35)29-22-7-4-6-21(26)25(22)27/h4,6-7,9-14,16,29H,5,8,15H2,1-3H3,(H,28,31). The van der Waals surface area contributed by atoms with E-state index in [1.165, 1.54) is 34.6 Å². The number of nitrogens with zero attached hydrogens (tertiary/aromatic N) is 1. The van der Waals surface area contributed by atoms with Gasteiger partial charge in [0.05, 0.1) is 32.6 Å². The maximum Gasteiger partial charge on any atom is 0.261 e. The molecule has 0 atom stereocenters. The van der Waals surface area contributed by atoms with Gasteiger partial charge >= 0.3 is 0 Å². The minimum atomic E-state index is -3.94. The molecule has 12 heteroatoms. The Morgan fingerprint density at radius 3 is 2.27 bits per heavy atom. The van der Waals surface area contributed by atoms with Crippen LogP contribution in [0.15, 0.2) is 65.6 Å². The summed E-state index contributed by atoms with van der Waals surface area (Å²) in [4.78, 5) is 12.4. The van der Waals surface area contributed by atoms with E-state index in [1.54, 1.807) is 18.2 Å². The Bertz CT molecular complexity index is 1510. The van der Waals surface area contributed by atoms with Crippen LogP contribution >= 0.6 is 23.2 Å². The van der Waals surface area contributed by atoms with Crippen LogP contribution < -0.4 is 14.3 Å². The first kappa shape index (κ1) is 28.8. The molecular formula is C25H27Cl2N3O5S2. The van der Waals surface area contributed by atoms with Crippen LogP contribution in [-0.2, 0) is 24.8 Å². The summed E-state index contributed by atoms with van der Waals surface area (Å²) in [6.45, 7) is 3.87. The number of rotatable bonds is 10. The Morgan fingerprint density at radius 1 is 0.946 bits per heavy atom. The quantitative estimate of drug-likeness (QED) is 0.322. The summed E-state index contributed by atoms with van der Waals surface area (Å²) < 4.78 is 53.8. The number of anilines is 3. The molecule has 0 unspecified atom stereocenters. The number of hydrogen-bond donors (Lipinski definition) is 2. The van der Waals surface area contributed by atoms with Crippen LogP contribution in [0.3, 0.4) is 0 Å². The first-order valence-corrected chi connectivity index (χ1v) is 15.3. The first-order valence-electron chi connectivity index (χ1n) is 11.2. The second-order valence-corrected chi connectivity index (χ2v) is 12.9. The topological polar surface area (TPSA) is 113 Å². The van der Waals surface area contributed by atoms with Gasteiger partial charge in [0.15, 0.2) is 0 Å². The molecule has 198 valence electrons. The van der Waals surface area contributed by atoms with Gasteiger partial charge in [-0.3, -0.25) is 13.8 Å². The summed E-state index contributed by atoms with van der Waals surface area (Å²) in [5.74, 6) is -0.325. The molecule has 3 rings (SSSR count). The van der Waals surface area contributed by atoms with Crippen LogP contribution in [-0.4, -0.2) is 35.5 Å². The van der Waals surface area contributed by atoms with Crippen molar-refractivity contribution in [3.05, 3.63) is 81.8 Å². The van der Waals surface area contributed by atoms with Crippen LogP contribution in [0.4, 0.5) is 17.1 Å². The minimum Gasteiger partial charge on any atom is -0.326 e. The molecule has 0 aromatic heterocycles. The molecule has 0 spiro atoms. The van der Waals surface area contributed by atoms with Crippen LogP contribution in [0.1, 0.15) is 24.0 Å². The van der Waals surface area contributed by atoms with Crippen molar-refractivity contribution in [3.63, 3.8) is 0 Å². The predicted molar refractivity (Wildman–Crippen MR) is 150 cm³/mol. The summed E-state index contributed by atoms with van der Waals surface area (Å²) in [6, 6.07) is 15.8. The molecule has 0 heterocycles. The van der Waals surface area contributed by atoms with E-state index in [-0.39, 0.29) is 39.5 Å². The molecule has 0 radical (unpaired) electrons. The molecule has 1 amide bonds. The molecule has 0 bridgehead atoms. The number of hydrogen-bond acceptors (Lipinski definition) is 5. The first-order chi connectivity index (χ1) is 17.3. The zero-order valence-electron chi connectivity index (χ0n) is 20.5. The van der Waals surface area contributed by atoms with E-state index in [0.29, 0.717) is 17.8 Å². The number of halogens is 2. The van der Waals surface area contributed by atoms with Gasteiger partial charge < -0.3 is 5.32 Å². The van der Waals surface area contributed by atoms with Gasteiger partial charge in [-0.1, -0.05) is 41.4 Å². The van der Waals surface area contributed by atoms with Crippen molar-refractivity contribution < 1.29 is 21.6 Å². The average Bonchev–Trinajstić information content (AvgIpc) is 2.81. The third-order valence-electron chi connectivity index (χ3n) is 5.44. The Morgan fingerprint density at radius 2 is 1.62 bits per heavy atom. The summed E-state index contributed by atoms with van der Waals surface area (Å²) >= 11 is 12.0. The van der Waals surface area contributed by atoms with Crippen molar-refractivity contribution in [3.8, 4) is 0 Å². The molecule has 37 heavy (non-hydrogen) atoms. The highest BCUT2D eigenvalue weighted by Crippen LogP contribution is 2.31. The fraction of sp³-hybridized carbons (Fsp3) is 0.240. The third-order valence-corrected chi connectivity index (χ3v) is 8.82. The van der Waals surface area contributed by atoms with Gasteiger partial charge in [0, 0.05) is 18.7 Å². The van der Waals surface area contributed by atoms with Crippen molar-refractivity contribution in [2.75, 3.05) is 27.1 Å². The lowest BCUT2D eigenvalue weighted by atomic mass is 10.1. The third kappa shape index (κ3) is 7.61. The van der Waals surface area contributed by atoms with Crippen molar-refractivity contribution in [1.82, 2.24) is 0 Å². The smallest absolute Gasteiger partial charge is 0.261 e. The molecule has 8 nitrogen and oxygen atoms in total. The van der Waals surface area contributed by atoms with Crippen LogP contribution in [0.5, 0.6) is 0 Å². The number of carbonyl (C=O) groups excluding carboxylic acids is 1.